The van der Waals surface area contributed by atoms with Gasteiger partial charge in [0, 0.05) is 5.56 Å². The summed E-state index contributed by atoms with van der Waals surface area (Å²) in [6.07, 6.45) is -3.12. The van der Waals surface area contributed by atoms with E-state index in [1.54, 1.807) is 22.6 Å². The van der Waals surface area contributed by atoms with Crippen molar-refractivity contribution in [2.75, 3.05) is 5.73 Å². The van der Waals surface area contributed by atoms with Gasteiger partial charge in [0.25, 0.3) is 6.43 Å². The minimum absolute atomic E-state index is 0.0800. The summed E-state index contributed by atoms with van der Waals surface area (Å²) in [7, 11) is 0. The van der Waals surface area contributed by atoms with Gasteiger partial charge in [0.2, 0.25) is 0 Å². The molecular formula is C8H7F2IN2O2. The van der Waals surface area contributed by atoms with Crippen molar-refractivity contribution in [3.8, 4) is 0 Å². The SMILES string of the molecule is Nc1c(C(F)F)cc(CC(=O)O)nc1I. The van der Waals surface area contributed by atoms with E-state index in [4.69, 9.17) is 10.8 Å². The standard InChI is InChI=1S/C8H7F2IN2O2/c9-7(10)4-1-3(2-5(14)15)13-8(11)6(4)12/h1,7H,2,12H2,(H,14,15). The zero-order chi connectivity index (χ0) is 11.6. The lowest BCUT2D eigenvalue weighted by Crippen LogP contribution is -2.07. The Morgan fingerprint density at radius 1 is 1.67 bits per heavy atom. The lowest BCUT2D eigenvalue weighted by Gasteiger charge is -2.08. The maximum Gasteiger partial charge on any atom is 0.309 e. The molecule has 0 saturated heterocycles. The molecule has 1 aromatic heterocycles. The molecule has 1 aromatic rings. The molecule has 0 atom stereocenters. The molecule has 0 aliphatic carbocycles. The fraction of sp³-hybridized carbons (Fsp3) is 0.250. The fourth-order valence-corrected chi connectivity index (χ4v) is 1.64. The third-order valence-electron chi connectivity index (χ3n) is 1.66. The number of carbonyl (C=O) groups is 1. The van der Waals surface area contributed by atoms with Crippen LogP contribution in [0.3, 0.4) is 0 Å². The van der Waals surface area contributed by atoms with Crippen molar-refractivity contribution in [2.45, 2.75) is 12.8 Å². The second-order valence-electron chi connectivity index (χ2n) is 2.78. The third-order valence-corrected chi connectivity index (χ3v) is 2.49. The molecule has 82 valence electrons. The first-order chi connectivity index (χ1) is 6.91. The lowest BCUT2D eigenvalue weighted by molar-refractivity contribution is -0.136. The minimum atomic E-state index is -2.73. The minimum Gasteiger partial charge on any atom is -0.481 e. The molecule has 1 rings (SSSR count). The van der Waals surface area contributed by atoms with Gasteiger partial charge < -0.3 is 10.8 Å². The summed E-state index contributed by atoms with van der Waals surface area (Å²) in [6.45, 7) is 0. The van der Waals surface area contributed by atoms with Crippen molar-refractivity contribution in [1.29, 1.82) is 0 Å². The van der Waals surface area contributed by atoms with Crippen LogP contribution in [0.4, 0.5) is 14.5 Å². The summed E-state index contributed by atoms with van der Waals surface area (Å²) in [5.74, 6) is -1.12. The maximum atomic E-state index is 12.5. The molecule has 0 aliphatic heterocycles. The Kier molecular flexibility index (Phi) is 3.77. The first-order valence-electron chi connectivity index (χ1n) is 3.86. The molecule has 0 aliphatic rings. The largest absolute Gasteiger partial charge is 0.481 e. The van der Waals surface area contributed by atoms with E-state index in [0.29, 0.717) is 0 Å². The van der Waals surface area contributed by atoms with Crippen LogP contribution in [0.25, 0.3) is 0 Å². The lowest BCUT2D eigenvalue weighted by atomic mass is 10.1. The zero-order valence-corrected chi connectivity index (χ0v) is 9.53. The van der Waals surface area contributed by atoms with Crippen molar-refractivity contribution in [3.63, 3.8) is 0 Å². The number of alkyl halides is 2. The van der Waals surface area contributed by atoms with E-state index in [0.717, 1.165) is 6.07 Å². The molecule has 0 amide bonds. The van der Waals surface area contributed by atoms with Gasteiger partial charge in [-0.3, -0.25) is 4.79 Å². The Morgan fingerprint density at radius 3 is 2.73 bits per heavy atom. The number of carboxylic acids is 1. The highest BCUT2D eigenvalue weighted by atomic mass is 127. The van der Waals surface area contributed by atoms with Crippen molar-refractivity contribution < 1.29 is 18.7 Å². The number of anilines is 1. The number of nitrogens with zero attached hydrogens (tertiary/aromatic N) is 1. The van der Waals surface area contributed by atoms with E-state index < -0.39 is 18.8 Å². The Bertz CT molecular complexity index is 398. The van der Waals surface area contributed by atoms with Gasteiger partial charge in [0.1, 0.15) is 3.70 Å². The highest BCUT2D eigenvalue weighted by Crippen LogP contribution is 2.28. The molecule has 0 radical (unpaired) electrons. The first-order valence-corrected chi connectivity index (χ1v) is 4.94. The van der Waals surface area contributed by atoms with Gasteiger partial charge in [-0.25, -0.2) is 13.8 Å². The van der Waals surface area contributed by atoms with E-state index in [1.165, 1.54) is 0 Å². The first kappa shape index (κ1) is 12.1. The maximum absolute atomic E-state index is 12.5. The van der Waals surface area contributed by atoms with Crippen LogP contribution in [0, 0.1) is 3.70 Å². The molecule has 7 heteroatoms. The van der Waals surface area contributed by atoms with Crippen LogP contribution in [0.5, 0.6) is 0 Å². The Morgan fingerprint density at radius 2 is 2.27 bits per heavy atom. The molecule has 4 nitrogen and oxygen atoms in total. The third kappa shape index (κ3) is 2.98. The number of nitrogen functional groups attached to an aromatic ring is 1. The van der Waals surface area contributed by atoms with Gasteiger partial charge in [0.05, 0.1) is 17.8 Å². The second-order valence-corrected chi connectivity index (χ2v) is 3.80. The van der Waals surface area contributed by atoms with Crippen LogP contribution >= 0.6 is 22.6 Å². The number of hydrogen-bond donors (Lipinski definition) is 2. The van der Waals surface area contributed by atoms with Crippen molar-refractivity contribution in [3.05, 3.63) is 21.0 Å². The predicted molar refractivity (Wildman–Crippen MR) is 57.7 cm³/mol. The fourth-order valence-electron chi connectivity index (χ4n) is 1.02. The Labute approximate surface area is 97.6 Å². The van der Waals surface area contributed by atoms with Gasteiger partial charge >= 0.3 is 5.97 Å². The average molecular weight is 328 g/mol. The van der Waals surface area contributed by atoms with E-state index in [-0.39, 0.29) is 20.6 Å². The molecular weight excluding hydrogens is 321 g/mol. The number of aliphatic carboxylic acids is 1. The number of pyridine rings is 1. The van der Waals surface area contributed by atoms with Crippen LogP contribution in [0.1, 0.15) is 17.7 Å². The topological polar surface area (TPSA) is 76.2 Å². The summed E-state index contributed by atoms with van der Waals surface area (Å²) in [5.41, 5.74) is 5.00. The monoisotopic (exact) mass is 328 g/mol. The molecule has 0 fully saturated rings. The summed E-state index contributed by atoms with van der Waals surface area (Å²) >= 11 is 1.69. The van der Waals surface area contributed by atoms with E-state index in [2.05, 4.69) is 4.98 Å². The molecule has 0 bridgehead atoms. The van der Waals surface area contributed by atoms with E-state index in [9.17, 15) is 13.6 Å². The number of carboxylic acid groups (broad SMARTS) is 1. The van der Waals surface area contributed by atoms with Crippen LogP contribution < -0.4 is 5.73 Å². The summed E-state index contributed by atoms with van der Waals surface area (Å²) in [5, 5.41) is 8.50. The number of aromatic nitrogens is 1. The zero-order valence-electron chi connectivity index (χ0n) is 7.38. The molecule has 0 aromatic carbocycles. The molecule has 0 unspecified atom stereocenters. The van der Waals surface area contributed by atoms with Gasteiger partial charge in [-0.05, 0) is 28.7 Å². The number of rotatable bonds is 3. The second kappa shape index (κ2) is 4.69. The molecule has 15 heavy (non-hydrogen) atoms. The molecule has 0 saturated carbocycles. The highest BCUT2D eigenvalue weighted by Gasteiger charge is 2.16. The predicted octanol–water partition coefficient (Wildman–Crippen LogP) is 1.83. The molecule has 1 heterocycles. The molecule has 3 N–H and O–H groups in total. The van der Waals surface area contributed by atoms with Gasteiger partial charge in [0.15, 0.2) is 0 Å². The van der Waals surface area contributed by atoms with Gasteiger partial charge in [-0.15, -0.1) is 0 Å². The van der Waals surface area contributed by atoms with Crippen molar-refractivity contribution >= 4 is 34.2 Å². The smallest absolute Gasteiger partial charge is 0.309 e. The van der Waals surface area contributed by atoms with Gasteiger partial charge in [-0.2, -0.15) is 0 Å². The summed E-state index contributed by atoms with van der Waals surface area (Å²) < 4.78 is 25.1. The van der Waals surface area contributed by atoms with Crippen molar-refractivity contribution in [1.82, 2.24) is 4.98 Å². The van der Waals surface area contributed by atoms with E-state index >= 15 is 0 Å². The quantitative estimate of drug-likeness (QED) is 0.656. The van der Waals surface area contributed by atoms with Crippen molar-refractivity contribution in [2.24, 2.45) is 0 Å². The number of nitrogens with two attached hydrogens (primary N) is 1. The van der Waals surface area contributed by atoms with Crippen LogP contribution in [-0.4, -0.2) is 16.1 Å². The highest BCUT2D eigenvalue weighted by molar-refractivity contribution is 14.1. The summed E-state index contributed by atoms with van der Waals surface area (Å²) in [4.78, 5) is 14.2. The normalized spacial score (nSPS) is 10.7. The Hall–Kier alpha value is -0.990. The van der Waals surface area contributed by atoms with Gasteiger partial charge in [-0.1, -0.05) is 0 Å². The number of halogens is 3. The van der Waals surface area contributed by atoms with Crippen LogP contribution in [0.2, 0.25) is 0 Å². The summed E-state index contributed by atoms with van der Waals surface area (Å²) in [6, 6.07) is 1.02. The van der Waals surface area contributed by atoms with Crippen LogP contribution in [0.15, 0.2) is 6.07 Å². The average Bonchev–Trinajstić information content (AvgIpc) is 2.09. The Balaban J connectivity index is 3.17. The molecule has 0 spiro atoms. The van der Waals surface area contributed by atoms with E-state index in [1.807, 2.05) is 0 Å². The number of hydrogen-bond acceptors (Lipinski definition) is 3. The van der Waals surface area contributed by atoms with Crippen LogP contribution in [-0.2, 0) is 11.2 Å².